The second-order valence-electron chi connectivity index (χ2n) is 8.36. The first-order chi connectivity index (χ1) is 16.8. The van der Waals surface area contributed by atoms with Gasteiger partial charge in [0, 0.05) is 49.2 Å². The normalized spacial score (nSPS) is 15.0. The maximum Gasteiger partial charge on any atom is 0.417 e. The topological polar surface area (TPSA) is 70.8 Å². The van der Waals surface area contributed by atoms with E-state index in [0.717, 1.165) is 28.6 Å². The molecule has 1 aliphatic rings. The first-order valence-corrected chi connectivity index (χ1v) is 11.1. The molecule has 0 bridgehead atoms. The van der Waals surface area contributed by atoms with Crippen LogP contribution in [0.1, 0.15) is 5.56 Å². The predicted octanol–water partition coefficient (Wildman–Crippen LogP) is 4.77. The van der Waals surface area contributed by atoms with Crippen LogP contribution in [0.15, 0.2) is 59.1 Å². The highest BCUT2D eigenvalue weighted by atomic mass is 19.4. The number of para-hydroxylation sites is 1. The molecule has 0 radical (unpaired) electrons. The van der Waals surface area contributed by atoms with Crippen LogP contribution in [-0.2, 0) is 11.0 Å². The largest absolute Gasteiger partial charge is 0.495 e. The van der Waals surface area contributed by atoms with Gasteiger partial charge in [0.25, 0.3) is 0 Å². The Morgan fingerprint density at radius 1 is 1.06 bits per heavy atom. The molecule has 0 atom stereocenters. The molecule has 7 nitrogen and oxygen atoms in total. The summed E-state index contributed by atoms with van der Waals surface area (Å²) >= 11 is 0. The third kappa shape index (κ3) is 4.74. The molecule has 0 spiro atoms. The number of benzene rings is 2. The number of carbonyl (C=O) groups is 1. The van der Waals surface area contributed by atoms with Gasteiger partial charge in [-0.05, 0) is 24.3 Å². The van der Waals surface area contributed by atoms with Crippen LogP contribution in [0.2, 0.25) is 0 Å². The number of hydrogen-bond donors (Lipinski definition) is 1. The summed E-state index contributed by atoms with van der Waals surface area (Å²) in [4.78, 5) is 20.6. The van der Waals surface area contributed by atoms with Gasteiger partial charge < -0.3 is 19.4 Å². The zero-order valence-electron chi connectivity index (χ0n) is 18.9. The lowest BCUT2D eigenvalue weighted by Gasteiger charge is -2.35. The number of fused-ring (bicyclic) bond motifs is 3. The van der Waals surface area contributed by atoms with Crippen molar-refractivity contribution in [3.8, 4) is 5.75 Å². The number of nitrogens with zero attached hydrogens (tertiary/aromatic N) is 3. The van der Waals surface area contributed by atoms with Gasteiger partial charge in [-0.3, -0.25) is 9.69 Å². The number of carbonyl (C=O) groups excluding carboxylic acids is 1. The standard InChI is InChI=1S/C25H23F3N4O3/c1-34-22-12-18-17-4-2-3-5-20(17)35-21(18)13-19(22)30-24(33)15-31-8-10-32(11-9-31)23-7-6-16(14-29-23)25(26,27)28/h2-7,12-14H,8-11,15H2,1H3,(H,30,33). The van der Waals surface area contributed by atoms with Crippen molar-refractivity contribution in [3.05, 3.63) is 60.3 Å². The zero-order chi connectivity index (χ0) is 24.6. The van der Waals surface area contributed by atoms with E-state index in [2.05, 4.69) is 10.3 Å². The maximum absolute atomic E-state index is 12.8. The molecule has 1 amide bonds. The molecular formula is C25H23F3N4O3. The van der Waals surface area contributed by atoms with Gasteiger partial charge in [0.05, 0.1) is 24.9 Å². The van der Waals surface area contributed by atoms with Crippen LogP contribution in [0.4, 0.5) is 24.7 Å². The van der Waals surface area contributed by atoms with Crippen LogP contribution in [0.5, 0.6) is 5.75 Å². The van der Waals surface area contributed by atoms with E-state index in [0.29, 0.717) is 49.0 Å². The van der Waals surface area contributed by atoms with Crippen LogP contribution in [0, 0.1) is 0 Å². The number of pyridine rings is 1. The molecule has 35 heavy (non-hydrogen) atoms. The summed E-state index contributed by atoms with van der Waals surface area (Å²) in [5, 5.41) is 4.79. The molecule has 182 valence electrons. The summed E-state index contributed by atoms with van der Waals surface area (Å²) in [6, 6.07) is 13.7. The minimum absolute atomic E-state index is 0.176. The Bertz CT molecular complexity index is 1360. The molecule has 0 aliphatic carbocycles. The fraction of sp³-hybridized carbons (Fsp3) is 0.280. The lowest BCUT2D eigenvalue weighted by atomic mass is 10.1. The van der Waals surface area contributed by atoms with Gasteiger partial charge in [0.15, 0.2) is 0 Å². The van der Waals surface area contributed by atoms with Crippen molar-refractivity contribution < 1.29 is 27.1 Å². The third-order valence-electron chi connectivity index (χ3n) is 6.11. The van der Waals surface area contributed by atoms with Crippen LogP contribution in [-0.4, -0.2) is 55.6 Å². The molecule has 0 unspecified atom stereocenters. The highest BCUT2D eigenvalue weighted by Gasteiger charge is 2.31. The van der Waals surface area contributed by atoms with Crippen LogP contribution >= 0.6 is 0 Å². The van der Waals surface area contributed by atoms with E-state index in [1.807, 2.05) is 40.1 Å². The van der Waals surface area contributed by atoms with E-state index >= 15 is 0 Å². The molecule has 4 aromatic rings. The van der Waals surface area contributed by atoms with Crippen molar-refractivity contribution in [2.24, 2.45) is 0 Å². The van der Waals surface area contributed by atoms with E-state index in [1.54, 1.807) is 13.2 Å². The molecule has 1 N–H and O–H groups in total. The first kappa shape index (κ1) is 23.0. The van der Waals surface area contributed by atoms with Crippen molar-refractivity contribution in [1.29, 1.82) is 0 Å². The Balaban J connectivity index is 1.21. The van der Waals surface area contributed by atoms with Crippen LogP contribution < -0.4 is 15.0 Å². The third-order valence-corrected chi connectivity index (χ3v) is 6.11. The summed E-state index contributed by atoms with van der Waals surface area (Å²) < 4.78 is 49.7. The summed E-state index contributed by atoms with van der Waals surface area (Å²) in [7, 11) is 1.55. The highest BCUT2D eigenvalue weighted by Crippen LogP contribution is 2.36. The van der Waals surface area contributed by atoms with Crippen molar-refractivity contribution in [2.45, 2.75) is 6.18 Å². The second kappa shape index (κ2) is 9.10. The fourth-order valence-corrected chi connectivity index (χ4v) is 4.29. The van der Waals surface area contributed by atoms with Crippen molar-refractivity contribution >= 4 is 39.4 Å². The molecule has 0 saturated carbocycles. The van der Waals surface area contributed by atoms with Crippen molar-refractivity contribution in [1.82, 2.24) is 9.88 Å². The van der Waals surface area contributed by atoms with Crippen LogP contribution in [0.25, 0.3) is 21.9 Å². The average Bonchev–Trinajstić information content (AvgIpc) is 3.21. The predicted molar refractivity (Wildman–Crippen MR) is 127 cm³/mol. The minimum Gasteiger partial charge on any atom is -0.495 e. The number of halogens is 3. The number of aromatic nitrogens is 1. The van der Waals surface area contributed by atoms with Gasteiger partial charge >= 0.3 is 6.18 Å². The zero-order valence-corrected chi connectivity index (χ0v) is 18.9. The van der Waals surface area contributed by atoms with E-state index in [4.69, 9.17) is 9.15 Å². The van der Waals surface area contributed by atoms with Crippen molar-refractivity contribution in [3.63, 3.8) is 0 Å². The van der Waals surface area contributed by atoms with Gasteiger partial charge in [0.1, 0.15) is 22.7 Å². The lowest BCUT2D eigenvalue weighted by Crippen LogP contribution is -2.49. The fourth-order valence-electron chi connectivity index (χ4n) is 4.29. The van der Waals surface area contributed by atoms with E-state index < -0.39 is 11.7 Å². The molecule has 1 saturated heterocycles. The van der Waals surface area contributed by atoms with Gasteiger partial charge in [-0.25, -0.2) is 4.98 Å². The van der Waals surface area contributed by atoms with Gasteiger partial charge in [0.2, 0.25) is 5.91 Å². The summed E-state index contributed by atoms with van der Waals surface area (Å²) in [5.41, 5.74) is 1.16. The summed E-state index contributed by atoms with van der Waals surface area (Å²) in [6.45, 7) is 2.45. The Morgan fingerprint density at radius 3 is 2.51 bits per heavy atom. The number of anilines is 2. The number of hydrogen-bond acceptors (Lipinski definition) is 6. The van der Waals surface area contributed by atoms with E-state index in [9.17, 15) is 18.0 Å². The quantitative estimate of drug-likeness (QED) is 0.440. The molecule has 3 heterocycles. The number of amides is 1. The highest BCUT2D eigenvalue weighted by molar-refractivity contribution is 6.07. The second-order valence-corrected chi connectivity index (χ2v) is 8.36. The van der Waals surface area contributed by atoms with Gasteiger partial charge in [-0.2, -0.15) is 13.2 Å². The van der Waals surface area contributed by atoms with E-state index in [-0.39, 0.29) is 12.5 Å². The average molecular weight is 484 g/mol. The molecule has 1 aliphatic heterocycles. The minimum atomic E-state index is -4.41. The monoisotopic (exact) mass is 484 g/mol. The first-order valence-electron chi connectivity index (χ1n) is 11.1. The van der Waals surface area contributed by atoms with Crippen molar-refractivity contribution in [2.75, 3.05) is 50.1 Å². The SMILES string of the molecule is COc1cc2c(cc1NC(=O)CN1CCN(c3ccc(C(F)(F)F)cn3)CC1)oc1ccccc12. The molecule has 2 aromatic carbocycles. The Morgan fingerprint density at radius 2 is 1.83 bits per heavy atom. The van der Waals surface area contributed by atoms with Crippen LogP contribution in [0.3, 0.4) is 0 Å². The molecular weight excluding hydrogens is 461 g/mol. The number of furan rings is 1. The van der Waals surface area contributed by atoms with Gasteiger partial charge in [-0.1, -0.05) is 18.2 Å². The summed E-state index contributed by atoms with van der Waals surface area (Å²) in [5.74, 6) is 0.835. The number of alkyl halides is 3. The Labute approximate surface area is 199 Å². The Kier molecular flexibility index (Phi) is 5.98. The van der Waals surface area contributed by atoms with E-state index in [1.165, 1.54) is 6.07 Å². The number of rotatable bonds is 5. The number of nitrogens with one attached hydrogen (secondary N) is 1. The lowest BCUT2D eigenvalue weighted by molar-refractivity contribution is -0.137. The molecule has 10 heteroatoms. The van der Waals surface area contributed by atoms with Gasteiger partial charge in [-0.15, -0.1) is 0 Å². The molecule has 1 fully saturated rings. The molecule has 5 rings (SSSR count). The number of ether oxygens (including phenoxy) is 1. The number of piperazine rings is 1. The molecule has 2 aromatic heterocycles. The Hall–Kier alpha value is -3.79. The number of methoxy groups -OCH3 is 1. The smallest absolute Gasteiger partial charge is 0.417 e. The maximum atomic E-state index is 12.8. The summed E-state index contributed by atoms with van der Waals surface area (Å²) in [6.07, 6.45) is -3.56.